The average molecular weight is 262 g/mol. The lowest BCUT2D eigenvalue weighted by atomic mass is 10.3. The molecule has 0 saturated carbocycles. The van der Waals surface area contributed by atoms with Gasteiger partial charge in [0.05, 0.1) is 18.1 Å². The number of nitro groups is 1. The molecule has 0 bridgehead atoms. The third-order valence-corrected chi connectivity index (χ3v) is 2.10. The fourth-order valence-corrected chi connectivity index (χ4v) is 1.40. The monoisotopic (exact) mass is 262 g/mol. The second-order valence-electron chi connectivity index (χ2n) is 3.40. The number of aliphatic hydroxyl groups excluding tert-OH is 1. The smallest absolute Gasteiger partial charge is 0.311 e. The number of nitrogens with zero attached hydrogens (tertiary/aromatic N) is 3. The van der Waals surface area contributed by atoms with Gasteiger partial charge in [0.25, 0.3) is 6.43 Å². The molecule has 1 rings (SSSR count). The quantitative estimate of drug-likeness (QED) is 0.575. The van der Waals surface area contributed by atoms with Gasteiger partial charge in [-0.05, 0) is 6.07 Å². The van der Waals surface area contributed by atoms with Crippen LogP contribution in [-0.2, 0) is 0 Å². The standard InChI is InChI=1S/C9H12F2N4O3/c10-7(11)5-14(3-4-16)9-6(15(17)18)1-2-8(12)13-9/h1-2,7,16H,3-5H2,(H2,12,13). The number of alkyl halides is 2. The number of pyridine rings is 1. The molecule has 0 unspecified atom stereocenters. The largest absolute Gasteiger partial charge is 0.395 e. The molecule has 1 aromatic rings. The first kappa shape index (κ1) is 14.0. The maximum atomic E-state index is 12.4. The van der Waals surface area contributed by atoms with E-state index in [1.54, 1.807) is 0 Å². The Morgan fingerprint density at radius 3 is 2.72 bits per heavy atom. The van der Waals surface area contributed by atoms with Gasteiger partial charge < -0.3 is 15.7 Å². The maximum Gasteiger partial charge on any atom is 0.311 e. The summed E-state index contributed by atoms with van der Waals surface area (Å²) in [4.78, 5) is 14.7. The van der Waals surface area contributed by atoms with Crippen molar-refractivity contribution < 1.29 is 18.8 Å². The highest BCUT2D eigenvalue weighted by molar-refractivity contribution is 5.61. The highest BCUT2D eigenvalue weighted by atomic mass is 19.3. The van der Waals surface area contributed by atoms with Crippen molar-refractivity contribution >= 4 is 17.3 Å². The molecule has 1 heterocycles. The molecule has 3 N–H and O–H groups in total. The minimum absolute atomic E-state index is 0.0205. The first-order valence-electron chi connectivity index (χ1n) is 5.00. The van der Waals surface area contributed by atoms with Crippen LogP contribution in [0.1, 0.15) is 0 Å². The van der Waals surface area contributed by atoms with Crippen LogP contribution in [-0.4, -0.2) is 41.1 Å². The van der Waals surface area contributed by atoms with Crippen LogP contribution in [0, 0.1) is 10.1 Å². The van der Waals surface area contributed by atoms with Gasteiger partial charge in [0, 0.05) is 12.6 Å². The Bertz CT molecular complexity index is 430. The summed E-state index contributed by atoms with van der Waals surface area (Å²) < 4.78 is 24.8. The third kappa shape index (κ3) is 3.48. The molecule has 0 aliphatic heterocycles. The summed E-state index contributed by atoms with van der Waals surface area (Å²) in [6.07, 6.45) is -2.71. The Labute approximate surface area is 101 Å². The number of aliphatic hydroxyl groups is 1. The van der Waals surface area contributed by atoms with Gasteiger partial charge in [-0.25, -0.2) is 13.8 Å². The zero-order valence-corrected chi connectivity index (χ0v) is 9.29. The zero-order chi connectivity index (χ0) is 13.7. The zero-order valence-electron chi connectivity index (χ0n) is 9.29. The Morgan fingerprint density at radius 2 is 2.22 bits per heavy atom. The molecular weight excluding hydrogens is 250 g/mol. The number of aromatic nitrogens is 1. The van der Waals surface area contributed by atoms with E-state index in [1.165, 1.54) is 6.07 Å². The lowest BCUT2D eigenvalue weighted by molar-refractivity contribution is -0.384. The SMILES string of the molecule is Nc1ccc([N+](=O)[O-])c(N(CCO)CC(F)F)n1. The summed E-state index contributed by atoms with van der Waals surface area (Å²) in [6, 6.07) is 2.30. The van der Waals surface area contributed by atoms with Crippen molar-refractivity contribution in [3.63, 3.8) is 0 Å². The molecule has 1 aromatic heterocycles. The first-order valence-corrected chi connectivity index (χ1v) is 5.00. The summed E-state index contributed by atoms with van der Waals surface area (Å²) >= 11 is 0. The second-order valence-corrected chi connectivity index (χ2v) is 3.40. The van der Waals surface area contributed by atoms with E-state index in [0.29, 0.717) is 0 Å². The molecule has 18 heavy (non-hydrogen) atoms. The molecule has 9 heteroatoms. The molecule has 0 aliphatic rings. The Morgan fingerprint density at radius 1 is 1.56 bits per heavy atom. The molecule has 0 spiro atoms. The van der Waals surface area contributed by atoms with Crippen molar-refractivity contribution in [1.29, 1.82) is 0 Å². The predicted molar refractivity (Wildman–Crippen MR) is 60.6 cm³/mol. The van der Waals surface area contributed by atoms with Crippen LogP contribution in [0.2, 0.25) is 0 Å². The van der Waals surface area contributed by atoms with E-state index in [-0.39, 0.29) is 18.2 Å². The summed E-state index contributed by atoms with van der Waals surface area (Å²) in [5, 5.41) is 19.6. The van der Waals surface area contributed by atoms with Crippen LogP contribution in [0.25, 0.3) is 0 Å². The van der Waals surface area contributed by atoms with Gasteiger partial charge in [-0.15, -0.1) is 0 Å². The van der Waals surface area contributed by atoms with Gasteiger partial charge in [0.1, 0.15) is 5.82 Å². The number of anilines is 2. The maximum absolute atomic E-state index is 12.4. The van der Waals surface area contributed by atoms with Crippen molar-refractivity contribution in [2.24, 2.45) is 0 Å². The minimum Gasteiger partial charge on any atom is -0.395 e. The van der Waals surface area contributed by atoms with Crippen molar-refractivity contribution in [1.82, 2.24) is 4.98 Å². The van der Waals surface area contributed by atoms with Gasteiger partial charge >= 0.3 is 5.69 Å². The molecule has 7 nitrogen and oxygen atoms in total. The van der Waals surface area contributed by atoms with Crippen LogP contribution >= 0.6 is 0 Å². The summed E-state index contributed by atoms with van der Waals surface area (Å²) in [5.74, 6) is -0.290. The number of hydrogen-bond donors (Lipinski definition) is 2. The lowest BCUT2D eigenvalue weighted by Gasteiger charge is -2.22. The third-order valence-electron chi connectivity index (χ3n) is 2.10. The van der Waals surface area contributed by atoms with E-state index in [2.05, 4.69) is 4.98 Å². The number of hydrogen-bond acceptors (Lipinski definition) is 6. The van der Waals surface area contributed by atoms with Gasteiger partial charge in [-0.2, -0.15) is 0 Å². The van der Waals surface area contributed by atoms with Crippen LogP contribution in [0.5, 0.6) is 0 Å². The molecule has 100 valence electrons. The molecular formula is C9H12F2N4O3. The number of halogens is 2. The van der Waals surface area contributed by atoms with Crippen molar-refractivity contribution in [3.8, 4) is 0 Å². The number of nitrogen functional groups attached to an aromatic ring is 1. The summed E-state index contributed by atoms with van der Waals surface area (Å²) in [7, 11) is 0. The van der Waals surface area contributed by atoms with E-state index in [1.807, 2.05) is 0 Å². The second kappa shape index (κ2) is 6.05. The molecule has 0 aliphatic carbocycles. The van der Waals surface area contributed by atoms with Crippen molar-refractivity contribution in [2.45, 2.75) is 6.43 Å². The molecule has 0 saturated heterocycles. The van der Waals surface area contributed by atoms with Crippen LogP contribution in [0.15, 0.2) is 12.1 Å². The van der Waals surface area contributed by atoms with E-state index in [4.69, 9.17) is 10.8 Å². The minimum atomic E-state index is -2.71. The molecule has 0 radical (unpaired) electrons. The number of rotatable bonds is 6. The average Bonchev–Trinajstić information content (AvgIpc) is 2.27. The normalized spacial score (nSPS) is 10.7. The van der Waals surface area contributed by atoms with Crippen molar-refractivity contribution in [2.75, 3.05) is 30.3 Å². The van der Waals surface area contributed by atoms with E-state index < -0.39 is 30.2 Å². The van der Waals surface area contributed by atoms with E-state index >= 15 is 0 Å². The van der Waals surface area contributed by atoms with Gasteiger partial charge in [-0.3, -0.25) is 10.1 Å². The highest BCUT2D eigenvalue weighted by Gasteiger charge is 2.23. The predicted octanol–water partition coefficient (Wildman–Crippen LogP) is 0.636. The van der Waals surface area contributed by atoms with Crippen LogP contribution < -0.4 is 10.6 Å². The lowest BCUT2D eigenvalue weighted by Crippen LogP contribution is -2.33. The Balaban J connectivity index is 3.15. The van der Waals surface area contributed by atoms with Gasteiger partial charge in [-0.1, -0.05) is 0 Å². The molecule has 0 atom stereocenters. The fraction of sp³-hybridized carbons (Fsp3) is 0.444. The fourth-order valence-electron chi connectivity index (χ4n) is 1.40. The van der Waals surface area contributed by atoms with Gasteiger partial charge in [0.15, 0.2) is 0 Å². The summed E-state index contributed by atoms with van der Waals surface area (Å²) in [5.41, 5.74) is 4.95. The molecule has 0 fully saturated rings. The van der Waals surface area contributed by atoms with E-state index in [9.17, 15) is 18.9 Å². The van der Waals surface area contributed by atoms with Crippen molar-refractivity contribution in [3.05, 3.63) is 22.2 Å². The summed E-state index contributed by atoms with van der Waals surface area (Å²) in [6.45, 7) is -1.39. The first-order chi connectivity index (χ1) is 8.45. The van der Waals surface area contributed by atoms with Crippen LogP contribution in [0.4, 0.5) is 26.1 Å². The highest BCUT2D eigenvalue weighted by Crippen LogP contribution is 2.27. The number of nitrogens with two attached hydrogens (primary N) is 1. The molecule has 0 aromatic carbocycles. The van der Waals surface area contributed by atoms with E-state index in [0.717, 1.165) is 11.0 Å². The molecule has 0 amide bonds. The Hall–Kier alpha value is -2.03. The topological polar surface area (TPSA) is 106 Å². The van der Waals surface area contributed by atoms with Crippen LogP contribution in [0.3, 0.4) is 0 Å². The Kier molecular flexibility index (Phi) is 4.72. The van der Waals surface area contributed by atoms with Gasteiger partial charge in [0.2, 0.25) is 5.82 Å².